The van der Waals surface area contributed by atoms with Gasteiger partial charge < -0.3 is 4.90 Å². The Morgan fingerprint density at radius 1 is 1.41 bits per heavy atom. The van der Waals surface area contributed by atoms with Crippen LogP contribution in [0.5, 0.6) is 0 Å². The first-order valence-electron chi connectivity index (χ1n) is 7.49. The van der Waals surface area contributed by atoms with Gasteiger partial charge in [0.15, 0.2) is 0 Å². The molecule has 0 aromatic carbocycles. The summed E-state index contributed by atoms with van der Waals surface area (Å²) in [6.45, 7) is 6.72. The molecule has 0 bridgehead atoms. The molecular formula is C15H19N5OS. The maximum atomic E-state index is 12.9. The van der Waals surface area contributed by atoms with Crippen molar-refractivity contribution < 1.29 is 4.79 Å². The number of amides is 1. The van der Waals surface area contributed by atoms with Crippen LogP contribution in [0.2, 0.25) is 0 Å². The van der Waals surface area contributed by atoms with Crippen LogP contribution in [0.4, 0.5) is 0 Å². The Balaban J connectivity index is 1.90. The molecule has 3 heterocycles. The van der Waals surface area contributed by atoms with Gasteiger partial charge in [-0.3, -0.25) is 14.8 Å². The van der Waals surface area contributed by atoms with Crippen LogP contribution in [0.3, 0.4) is 0 Å². The van der Waals surface area contributed by atoms with Gasteiger partial charge in [-0.15, -0.1) is 5.10 Å². The molecule has 1 amide bonds. The topological polar surface area (TPSA) is 71.9 Å². The van der Waals surface area contributed by atoms with Gasteiger partial charge in [0, 0.05) is 12.7 Å². The van der Waals surface area contributed by atoms with Crippen molar-refractivity contribution in [2.45, 2.75) is 45.6 Å². The number of carbonyl (C=O) groups excluding carboxylic acids is 1. The fraction of sp³-hybridized carbons (Fsp3) is 0.533. The minimum absolute atomic E-state index is 0.00186. The standard InChI is InChI=1S/C15H19N5OS/c1-9(2)13-14(22-19-18-13)15(21)20-6-4-5-12(20)11-8-16-7-10(3)17-11/h7-9,12H,4-6H2,1-3H3/t12-/m0/s1. The molecule has 0 unspecified atom stereocenters. The van der Waals surface area contributed by atoms with Crippen LogP contribution in [-0.4, -0.2) is 36.9 Å². The summed E-state index contributed by atoms with van der Waals surface area (Å²) in [6, 6.07) is 0.00186. The summed E-state index contributed by atoms with van der Waals surface area (Å²) in [5.41, 5.74) is 2.53. The van der Waals surface area contributed by atoms with Crippen molar-refractivity contribution in [1.29, 1.82) is 0 Å². The number of carbonyl (C=O) groups is 1. The van der Waals surface area contributed by atoms with Gasteiger partial charge in [0.05, 0.1) is 29.3 Å². The van der Waals surface area contributed by atoms with Gasteiger partial charge in [-0.2, -0.15) is 0 Å². The molecule has 1 aliphatic rings. The number of hydrogen-bond donors (Lipinski definition) is 0. The number of nitrogens with zero attached hydrogens (tertiary/aromatic N) is 5. The Labute approximate surface area is 133 Å². The lowest BCUT2D eigenvalue weighted by Crippen LogP contribution is -2.31. The van der Waals surface area contributed by atoms with E-state index in [1.54, 1.807) is 12.4 Å². The van der Waals surface area contributed by atoms with Crippen LogP contribution in [0.1, 0.15) is 65.4 Å². The lowest BCUT2D eigenvalue weighted by molar-refractivity contribution is 0.0735. The van der Waals surface area contributed by atoms with Crippen molar-refractivity contribution in [1.82, 2.24) is 24.5 Å². The molecule has 2 aromatic heterocycles. The number of aryl methyl sites for hydroxylation is 1. The van der Waals surface area contributed by atoms with Crippen molar-refractivity contribution in [3.63, 3.8) is 0 Å². The van der Waals surface area contributed by atoms with Crippen molar-refractivity contribution in [2.24, 2.45) is 0 Å². The van der Waals surface area contributed by atoms with Gasteiger partial charge in [0.25, 0.3) is 5.91 Å². The van der Waals surface area contributed by atoms with E-state index in [1.807, 2.05) is 25.7 Å². The molecule has 2 aromatic rings. The van der Waals surface area contributed by atoms with E-state index in [9.17, 15) is 4.79 Å². The van der Waals surface area contributed by atoms with Crippen molar-refractivity contribution in [3.8, 4) is 0 Å². The third kappa shape index (κ3) is 2.72. The molecule has 0 radical (unpaired) electrons. The normalized spacial score (nSPS) is 18.2. The van der Waals surface area contributed by atoms with Gasteiger partial charge in [0.2, 0.25) is 0 Å². The van der Waals surface area contributed by atoms with E-state index in [2.05, 4.69) is 19.6 Å². The second-order valence-electron chi connectivity index (χ2n) is 5.88. The predicted octanol–water partition coefficient (Wildman–Crippen LogP) is 2.74. The minimum atomic E-state index is 0.00186. The average molecular weight is 317 g/mol. The van der Waals surface area contributed by atoms with Crippen LogP contribution in [0.25, 0.3) is 0 Å². The van der Waals surface area contributed by atoms with E-state index in [-0.39, 0.29) is 17.9 Å². The second-order valence-corrected chi connectivity index (χ2v) is 6.64. The lowest BCUT2D eigenvalue weighted by Gasteiger charge is -2.24. The van der Waals surface area contributed by atoms with Gasteiger partial charge >= 0.3 is 0 Å². The first-order chi connectivity index (χ1) is 10.6. The summed E-state index contributed by atoms with van der Waals surface area (Å²) >= 11 is 1.18. The molecule has 0 aliphatic carbocycles. The van der Waals surface area contributed by atoms with Gasteiger partial charge in [-0.1, -0.05) is 18.3 Å². The number of likely N-dealkylation sites (tertiary alicyclic amines) is 1. The van der Waals surface area contributed by atoms with E-state index in [4.69, 9.17) is 0 Å². The van der Waals surface area contributed by atoms with Crippen LogP contribution >= 0.6 is 11.5 Å². The number of aromatic nitrogens is 4. The summed E-state index contributed by atoms with van der Waals surface area (Å²) < 4.78 is 3.96. The Morgan fingerprint density at radius 2 is 2.23 bits per heavy atom. The molecule has 0 N–H and O–H groups in total. The molecule has 1 aliphatic heterocycles. The number of hydrogen-bond acceptors (Lipinski definition) is 6. The highest BCUT2D eigenvalue weighted by atomic mass is 32.1. The summed E-state index contributed by atoms with van der Waals surface area (Å²) in [7, 11) is 0. The molecule has 7 heteroatoms. The van der Waals surface area contributed by atoms with E-state index < -0.39 is 0 Å². The lowest BCUT2D eigenvalue weighted by atomic mass is 10.1. The Morgan fingerprint density at radius 3 is 2.95 bits per heavy atom. The summed E-state index contributed by atoms with van der Waals surface area (Å²) in [5, 5.41) is 4.11. The van der Waals surface area contributed by atoms with Crippen molar-refractivity contribution in [3.05, 3.63) is 34.4 Å². The van der Waals surface area contributed by atoms with Crippen LogP contribution in [0.15, 0.2) is 12.4 Å². The molecule has 0 saturated carbocycles. The quantitative estimate of drug-likeness (QED) is 0.870. The Hall–Kier alpha value is -1.89. The zero-order chi connectivity index (χ0) is 15.7. The highest BCUT2D eigenvalue weighted by molar-refractivity contribution is 7.08. The molecule has 1 fully saturated rings. The highest BCUT2D eigenvalue weighted by Gasteiger charge is 2.34. The van der Waals surface area contributed by atoms with Crippen LogP contribution in [0, 0.1) is 6.92 Å². The zero-order valence-corrected chi connectivity index (χ0v) is 13.8. The largest absolute Gasteiger partial charge is 0.329 e. The molecule has 3 rings (SSSR count). The predicted molar refractivity (Wildman–Crippen MR) is 83.8 cm³/mol. The molecule has 1 atom stereocenters. The highest BCUT2D eigenvalue weighted by Crippen LogP contribution is 2.33. The fourth-order valence-electron chi connectivity index (χ4n) is 2.81. The van der Waals surface area contributed by atoms with E-state index in [1.165, 1.54) is 11.5 Å². The molecule has 22 heavy (non-hydrogen) atoms. The van der Waals surface area contributed by atoms with E-state index in [0.29, 0.717) is 4.88 Å². The van der Waals surface area contributed by atoms with Crippen molar-refractivity contribution >= 4 is 17.4 Å². The smallest absolute Gasteiger partial charge is 0.268 e. The molecule has 1 saturated heterocycles. The van der Waals surface area contributed by atoms with E-state index >= 15 is 0 Å². The third-order valence-electron chi connectivity index (χ3n) is 3.88. The molecule has 6 nitrogen and oxygen atoms in total. The molecule has 0 spiro atoms. The first-order valence-corrected chi connectivity index (χ1v) is 8.27. The maximum Gasteiger partial charge on any atom is 0.268 e. The molecular weight excluding hydrogens is 298 g/mol. The summed E-state index contributed by atoms with van der Waals surface area (Å²) in [5.74, 6) is 0.210. The van der Waals surface area contributed by atoms with Crippen LogP contribution in [-0.2, 0) is 0 Å². The summed E-state index contributed by atoms with van der Waals surface area (Å²) in [6.07, 6.45) is 5.40. The van der Waals surface area contributed by atoms with Crippen LogP contribution < -0.4 is 0 Å². The zero-order valence-electron chi connectivity index (χ0n) is 13.0. The molecule has 116 valence electrons. The second kappa shape index (κ2) is 6.08. The van der Waals surface area contributed by atoms with Gasteiger partial charge in [0.1, 0.15) is 4.88 Å². The third-order valence-corrected chi connectivity index (χ3v) is 4.61. The minimum Gasteiger partial charge on any atom is -0.329 e. The monoisotopic (exact) mass is 317 g/mol. The van der Waals surface area contributed by atoms with Gasteiger partial charge in [-0.25, -0.2) is 0 Å². The SMILES string of the molecule is Cc1cncc([C@@H]2CCCN2C(=O)c2snnc2C(C)C)n1. The average Bonchev–Trinajstić information content (AvgIpc) is 3.15. The van der Waals surface area contributed by atoms with Gasteiger partial charge in [-0.05, 0) is 37.2 Å². The Bertz CT molecular complexity index is 684. The first kappa shape index (κ1) is 15.0. The Kier molecular flexibility index (Phi) is 4.15. The van der Waals surface area contributed by atoms with Crippen molar-refractivity contribution in [2.75, 3.05) is 6.54 Å². The number of rotatable bonds is 3. The fourth-order valence-corrected chi connectivity index (χ4v) is 3.59. The summed E-state index contributed by atoms with van der Waals surface area (Å²) in [4.78, 5) is 24.2. The van der Waals surface area contributed by atoms with E-state index in [0.717, 1.165) is 36.5 Å². The maximum absolute atomic E-state index is 12.9.